The van der Waals surface area contributed by atoms with Crippen LogP contribution in [0.4, 0.5) is 0 Å². The average molecular weight is 406 g/mol. The molecule has 4 nitrogen and oxygen atoms in total. The second-order valence-corrected chi connectivity index (χ2v) is 7.94. The molecule has 1 amide bonds. The van der Waals surface area contributed by atoms with E-state index in [2.05, 4.69) is 0 Å². The Balaban J connectivity index is 1.34. The van der Waals surface area contributed by atoms with Crippen molar-refractivity contribution in [2.45, 2.75) is 12.0 Å². The number of amides is 1. The smallest absolute Gasteiger partial charge is 0.261 e. The number of thioether (sulfide) groups is 1. The van der Waals surface area contributed by atoms with Gasteiger partial charge in [-0.3, -0.25) is 4.79 Å². The largest absolute Gasteiger partial charge is 0.489 e. The summed E-state index contributed by atoms with van der Waals surface area (Å²) in [6.45, 7) is 1.33. The highest BCUT2D eigenvalue weighted by molar-refractivity contribution is 7.99. The van der Waals surface area contributed by atoms with Crippen LogP contribution in [0.1, 0.15) is 16.5 Å². The molecule has 148 valence electrons. The maximum atomic E-state index is 12.7. The first-order valence-electron chi connectivity index (χ1n) is 9.65. The fraction of sp³-hybridized carbons (Fsp3) is 0.208. The Kier molecular flexibility index (Phi) is 6.37. The molecule has 0 bridgehead atoms. The van der Waals surface area contributed by atoms with Crippen LogP contribution < -0.4 is 9.47 Å². The third-order valence-corrected chi connectivity index (χ3v) is 5.99. The summed E-state index contributed by atoms with van der Waals surface area (Å²) in [5.74, 6) is 2.47. The molecule has 1 atom stereocenters. The first-order chi connectivity index (χ1) is 14.3. The van der Waals surface area contributed by atoms with Crippen LogP contribution in [0.3, 0.4) is 0 Å². The first kappa shape index (κ1) is 19.4. The van der Waals surface area contributed by atoms with E-state index >= 15 is 0 Å². The SMILES string of the molecule is O=C(COc1ccccc1)N1CCSC1c1ccc(OCc2ccccc2)cc1. The van der Waals surface area contributed by atoms with Gasteiger partial charge in [0.05, 0.1) is 0 Å². The van der Waals surface area contributed by atoms with Gasteiger partial charge in [0.15, 0.2) is 6.61 Å². The van der Waals surface area contributed by atoms with Gasteiger partial charge in [-0.2, -0.15) is 0 Å². The molecule has 0 N–H and O–H groups in total. The second kappa shape index (κ2) is 9.52. The van der Waals surface area contributed by atoms with E-state index in [1.54, 1.807) is 11.8 Å². The van der Waals surface area contributed by atoms with Crippen LogP contribution in [-0.4, -0.2) is 29.7 Å². The number of para-hydroxylation sites is 1. The number of nitrogens with zero attached hydrogens (tertiary/aromatic N) is 1. The maximum absolute atomic E-state index is 12.7. The fourth-order valence-corrected chi connectivity index (χ4v) is 4.49. The Bertz CT molecular complexity index is 916. The lowest BCUT2D eigenvalue weighted by Gasteiger charge is -2.24. The highest BCUT2D eigenvalue weighted by Gasteiger charge is 2.30. The van der Waals surface area contributed by atoms with Gasteiger partial charge in [0, 0.05) is 12.3 Å². The van der Waals surface area contributed by atoms with E-state index in [9.17, 15) is 4.79 Å². The molecule has 29 heavy (non-hydrogen) atoms. The number of hydrogen-bond donors (Lipinski definition) is 0. The van der Waals surface area contributed by atoms with Crippen molar-refractivity contribution in [3.05, 3.63) is 96.1 Å². The minimum atomic E-state index is 0.00765. The molecule has 0 aliphatic carbocycles. The zero-order valence-corrected chi connectivity index (χ0v) is 16.9. The summed E-state index contributed by atoms with van der Waals surface area (Å²) in [6.07, 6.45) is 0. The molecular formula is C24H23NO3S. The zero-order chi connectivity index (χ0) is 19.9. The highest BCUT2D eigenvalue weighted by atomic mass is 32.2. The van der Waals surface area contributed by atoms with Gasteiger partial charge < -0.3 is 14.4 Å². The summed E-state index contributed by atoms with van der Waals surface area (Å²) in [5, 5.41) is 0.0186. The van der Waals surface area contributed by atoms with Crippen LogP contribution in [0.25, 0.3) is 0 Å². The lowest BCUT2D eigenvalue weighted by molar-refractivity contribution is -0.133. The van der Waals surface area contributed by atoms with Gasteiger partial charge in [-0.25, -0.2) is 0 Å². The fourth-order valence-electron chi connectivity index (χ4n) is 3.22. The molecule has 1 heterocycles. The van der Waals surface area contributed by atoms with Crippen molar-refractivity contribution in [2.24, 2.45) is 0 Å². The van der Waals surface area contributed by atoms with E-state index in [-0.39, 0.29) is 17.9 Å². The molecule has 4 rings (SSSR count). The van der Waals surface area contributed by atoms with Crippen molar-refractivity contribution in [3.8, 4) is 11.5 Å². The molecule has 0 saturated carbocycles. The van der Waals surface area contributed by atoms with Gasteiger partial charge in [0.2, 0.25) is 0 Å². The normalized spacial score (nSPS) is 15.9. The summed E-state index contributed by atoms with van der Waals surface area (Å²) in [4.78, 5) is 14.6. The summed E-state index contributed by atoms with van der Waals surface area (Å²) < 4.78 is 11.5. The van der Waals surface area contributed by atoms with E-state index in [1.165, 1.54) is 0 Å². The second-order valence-electron chi connectivity index (χ2n) is 6.76. The molecule has 1 aliphatic heterocycles. The summed E-state index contributed by atoms with van der Waals surface area (Å²) >= 11 is 1.78. The third kappa shape index (κ3) is 5.12. The van der Waals surface area contributed by atoms with Crippen LogP contribution in [0, 0.1) is 0 Å². The van der Waals surface area contributed by atoms with E-state index in [1.807, 2.05) is 89.8 Å². The number of carbonyl (C=O) groups excluding carboxylic acids is 1. The highest BCUT2D eigenvalue weighted by Crippen LogP contribution is 2.38. The number of benzene rings is 3. The molecule has 3 aromatic carbocycles. The lowest BCUT2D eigenvalue weighted by atomic mass is 10.2. The standard InChI is InChI=1S/C24H23NO3S/c26-23(18-28-21-9-5-2-6-10-21)25-15-16-29-24(25)20-11-13-22(14-12-20)27-17-19-7-3-1-4-8-19/h1-14,24H,15-18H2. The van der Waals surface area contributed by atoms with Crippen molar-refractivity contribution in [3.63, 3.8) is 0 Å². The average Bonchev–Trinajstić information content (AvgIpc) is 3.28. The van der Waals surface area contributed by atoms with Gasteiger partial charge in [0.25, 0.3) is 5.91 Å². The Morgan fingerprint density at radius 3 is 2.24 bits per heavy atom. The summed E-state index contributed by atoms with van der Waals surface area (Å²) in [7, 11) is 0. The number of ether oxygens (including phenoxy) is 2. The van der Waals surface area contributed by atoms with E-state index in [0.29, 0.717) is 12.4 Å². The van der Waals surface area contributed by atoms with Crippen LogP contribution in [0.2, 0.25) is 0 Å². The third-order valence-electron chi connectivity index (χ3n) is 4.73. The van der Waals surface area contributed by atoms with Crippen molar-refractivity contribution in [1.29, 1.82) is 0 Å². The maximum Gasteiger partial charge on any atom is 0.261 e. The van der Waals surface area contributed by atoms with Gasteiger partial charge in [-0.1, -0.05) is 60.7 Å². The first-order valence-corrected chi connectivity index (χ1v) is 10.7. The summed E-state index contributed by atoms with van der Waals surface area (Å²) in [5.41, 5.74) is 2.24. The van der Waals surface area contributed by atoms with Crippen LogP contribution in [-0.2, 0) is 11.4 Å². The van der Waals surface area contributed by atoms with Crippen LogP contribution >= 0.6 is 11.8 Å². The number of carbonyl (C=O) groups is 1. The lowest BCUT2D eigenvalue weighted by Crippen LogP contribution is -2.34. The monoisotopic (exact) mass is 405 g/mol. The van der Waals surface area contributed by atoms with E-state index in [0.717, 1.165) is 29.2 Å². The van der Waals surface area contributed by atoms with E-state index in [4.69, 9.17) is 9.47 Å². The number of hydrogen-bond acceptors (Lipinski definition) is 4. The van der Waals surface area contributed by atoms with Crippen LogP contribution in [0.15, 0.2) is 84.9 Å². The molecule has 3 aromatic rings. The minimum absolute atomic E-state index is 0.00765. The topological polar surface area (TPSA) is 38.8 Å². The van der Waals surface area contributed by atoms with Gasteiger partial charge in [0.1, 0.15) is 23.5 Å². The minimum Gasteiger partial charge on any atom is -0.489 e. The molecule has 0 radical (unpaired) electrons. The van der Waals surface area contributed by atoms with Crippen LogP contribution in [0.5, 0.6) is 11.5 Å². The molecule has 1 saturated heterocycles. The molecular weight excluding hydrogens is 382 g/mol. The summed E-state index contributed by atoms with van der Waals surface area (Å²) in [6, 6.07) is 27.6. The molecule has 1 aliphatic rings. The van der Waals surface area contributed by atoms with Gasteiger partial charge in [-0.15, -0.1) is 11.8 Å². The Morgan fingerprint density at radius 2 is 1.52 bits per heavy atom. The molecule has 1 fully saturated rings. The molecule has 0 aromatic heterocycles. The number of rotatable bonds is 7. The van der Waals surface area contributed by atoms with Gasteiger partial charge in [-0.05, 0) is 35.4 Å². The predicted molar refractivity (Wildman–Crippen MR) is 116 cm³/mol. The van der Waals surface area contributed by atoms with Crippen molar-refractivity contribution in [1.82, 2.24) is 4.90 Å². The zero-order valence-electron chi connectivity index (χ0n) is 16.1. The Labute approximate surface area is 175 Å². The molecule has 1 unspecified atom stereocenters. The Morgan fingerprint density at radius 1 is 0.862 bits per heavy atom. The van der Waals surface area contributed by atoms with Crippen molar-refractivity contribution < 1.29 is 14.3 Å². The predicted octanol–water partition coefficient (Wildman–Crippen LogP) is 4.92. The van der Waals surface area contributed by atoms with Crippen molar-refractivity contribution in [2.75, 3.05) is 18.9 Å². The quantitative estimate of drug-likeness (QED) is 0.559. The Hall–Kier alpha value is -2.92. The van der Waals surface area contributed by atoms with Crippen molar-refractivity contribution >= 4 is 17.7 Å². The molecule has 5 heteroatoms. The van der Waals surface area contributed by atoms with E-state index < -0.39 is 0 Å². The van der Waals surface area contributed by atoms with Gasteiger partial charge >= 0.3 is 0 Å². The molecule has 0 spiro atoms.